The van der Waals surface area contributed by atoms with Crippen molar-refractivity contribution in [3.63, 3.8) is 0 Å². The van der Waals surface area contributed by atoms with Crippen LogP contribution in [0.15, 0.2) is 17.7 Å². The van der Waals surface area contributed by atoms with Crippen molar-refractivity contribution in [3.8, 4) is 6.07 Å². The van der Waals surface area contributed by atoms with Crippen LogP contribution in [0.3, 0.4) is 0 Å². The van der Waals surface area contributed by atoms with Crippen LogP contribution in [0.25, 0.3) is 6.08 Å². The zero-order chi connectivity index (χ0) is 15.3. The molecule has 1 rings (SSSR count). The predicted octanol–water partition coefficient (Wildman–Crippen LogP) is 1.24. The summed E-state index contributed by atoms with van der Waals surface area (Å²) in [5, 5.41) is 11.7. The van der Waals surface area contributed by atoms with E-state index in [2.05, 4.69) is 10.1 Å². The van der Waals surface area contributed by atoms with E-state index in [1.54, 1.807) is 23.7 Å². The van der Waals surface area contributed by atoms with Gasteiger partial charge in [-0.1, -0.05) is 0 Å². The highest BCUT2D eigenvalue weighted by atomic mass is 16.5. The summed E-state index contributed by atoms with van der Waals surface area (Å²) in [5.74, 6) is -0.916. The summed E-state index contributed by atoms with van der Waals surface area (Å²) in [6, 6.07) is 5.02. The molecule has 1 amide bonds. The molecule has 6 nitrogen and oxygen atoms in total. The minimum atomic E-state index is -0.475. The maximum absolute atomic E-state index is 11.8. The Hall–Kier alpha value is -2.55. The average Bonchev–Trinajstić information content (AvgIpc) is 2.75. The van der Waals surface area contributed by atoms with Gasteiger partial charge in [0, 0.05) is 18.8 Å². The van der Waals surface area contributed by atoms with Crippen molar-refractivity contribution >= 4 is 18.0 Å². The molecule has 0 aliphatic rings. The zero-order valence-corrected chi connectivity index (χ0v) is 11.9. The van der Waals surface area contributed by atoms with E-state index in [-0.39, 0.29) is 11.6 Å². The summed E-state index contributed by atoms with van der Waals surface area (Å²) in [6.45, 7) is 3.62. The molecule has 106 valence electrons. The molecule has 0 aliphatic carbocycles. The fourth-order valence-electron chi connectivity index (χ4n) is 1.62. The summed E-state index contributed by atoms with van der Waals surface area (Å²) in [4.78, 5) is 23.3. The van der Waals surface area contributed by atoms with Crippen molar-refractivity contribution in [3.05, 3.63) is 29.1 Å². The van der Waals surface area contributed by atoms with E-state index in [1.165, 1.54) is 13.2 Å². The van der Waals surface area contributed by atoms with Gasteiger partial charge >= 0.3 is 5.97 Å². The normalized spacial score (nSPS) is 11.1. The summed E-state index contributed by atoms with van der Waals surface area (Å²) < 4.78 is 6.20. The molecule has 0 aromatic carbocycles. The average molecular weight is 275 g/mol. The van der Waals surface area contributed by atoms with Crippen LogP contribution in [0.2, 0.25) is 0 Å². The van der Waals surface area contributed by atoms with Gasteiger partial charge in [0.25, 0.3) is 5.91 Å². The third-order valence-electron chi connectivity index (χ3n) is 2.63. The molecule has 0 aliphatic heterocycles. The molecule has 1 aromatic heterocycles. The van der Waals surface area contributed by atoms with Crippen molar-refractivity contribution in [1.82, 2.24) is 9.88 Å². The van der Waals surface area contributed by atoms with E-state index in [0.717, 1.165) is 0 Å². The number of nitrogens with one attached hydrogen (secondary N) is 1. The molecule has 1 aromatic rings. The second-order valence-electron chi connectivity index (χ2n) is 4.49. The second kappa shape index (κ2) is 6.57. The van der Waals surface area contributed by atoms with Gasteiger partial charge in [-0.15, -0.1) is 0 Å². The SMILES string of the molecule is COC(=O)c1ccc(C=C(C#N)C(=O)NC(C)C)n1C. The topological polar surface area (TPSA) is 84.1 Å². The number of rotatable bonds is 4. The maximum atomic E-state index is 11.8. The van der Waals surface area contributed by atoms with Crippen molar-refractivity contribution in [2.45, 2.75) is 19.9 Å². The lowest BCUT2D eigenvalue weighted by Crippen LogP contribution is -2.31. The molecule has 6 heteroatoms. The van der Waals surface area contributed by atoms with Crippen LogP contribution in [-0.2, 0) is 16.6 Å². The molecule has 0 bridgehead atoms. The monoisotopic (exact) mass is 275 g/mol. The van der Waals surface area contributed by atoms with Crippen LogP contribution >= 0.6 is 0 Å². The molecule has 0 fully saturated rings. The molecule has 0 spiro atoms. The largest absolute Gasteiger partial charge is 0.464 e. The lowest BCUT2D eigenvalue weighted by molar-refractivity contribution is -0.117. The van der Waals surface area contributed by atoms with Crippen molar-refractivity contribution in [2.75, 3.05) is 7.11 Å². The molecule has 0 atom stereocenters. The van der Waals surface area contributed by atoms with Crippen LogP contribution in [0.4, 0.5) is 0 Å². The molecular weight excluding hydrogens is 258 g/mol. The highest BCUT2D eigenvalue weighted by Gasteiger charge is 2.14. The second-order valence-corrected chi connectivity index (χ2v) is 4.49. The number of esters is 1. The molecule has 0 unspecified atom stereocenters. The van der Waals surface area contributed by atoms with Gasteiger partial charge in [0.1, 0.15) is 17.3 Å². The van der Waals surface area contributed by atoms with Crippen molar-refractivity contribution in [1.29, 1.82) is 5.26 Å². The lowest BCUT2D eigenvalue weighted by Gasteiger charge is -2.07. The van der Waals surface area contributed by atoms with Gasteiger partial charge in [0.05, 0.1) is 7.11 Å². The Morgan fingerprint density at radius 3 is 2.60 bits per heavy atom. The molecule has 1 heterocycles. The van der Waals surface area contributed by atoms with Gasteiger partial charge in [-0.05, 0) is 32.1 Å². The van der Waals surface area contributed by atoms with Crippen LogP contribution in [0.1, 0.15) is 30.0 Å². The number of hydrogen-bond donors (Lipinski definition) is 1. The number of hydrogen-bond acceptors (Lipinski definition) is 4. The van der Waals surface area contributed by atoms with Gasteiger partial charge in [0.15, 0.2) is 0 Å². The fourth-order valence-corrected chi connectivity index (χ4v) is 1.62. The van der Waals surface area contributed by atoms with E-state index < -0.39 is 11.9 Å². The Morgan fingerprint density at radius 2 is 2.10 bits per heavy atom. The Bertz CT molecular complexity index is 591. The summed E-state index contributed by atoms with van der Waals surface area (Å²) >= 11 is 0. The number of ether oxygens (including phenoxy) is 1. The van der Waals surface area contributed by atoms with Crippen LogP contribution in [0, 0.1) is 11.3 Å². The number of aromatic nitrogens is 1. The standard InChI is InChI=1S/C14H17N3O3/c1-9(2)16-13(18)10(8-15)7-11-5-6-12(17(11)3)14(19)20-4/h5-7,9H,1-4H3,(H,16,18). The van der Waals surface area contributed by atoms with E-state index in [0.29, 0.717) is 11.4 Å². The third kappa shape index (κ3) is 3.48. The van der Waals surface area contributed by atoms with Gasteiger partial charge in [-0.25, -0.2) is 4.79 Å². The molecule has 1 N–H and O–H groups in total. The Balaban J connectivity index is 3.09. The highest BCUT2D eigenvalue weighted by molar-refractivity contribution is 6.01. The quantitative estimate of drug-likeness (QED) is 0.509. The van der Waals surface area contributed by atoms with Gasteiger partial charge in [-0.2, -0.15) is 5.26 Å². The number of nitriles is 1. The summed E-state index contributed by atoms with van der Waals surface area (Å²) in [7, 11) is 2.95. The van der Waals surface area contributed by atoms with Crippen LogP contribution in [-0.4, -0.2) is 29.6 Å². The first kappa shape index (κ1) is 15.5. The van der Waals surface area contributed by atoms with Gasteiger partial charge in [-0.3, -0.25) is 4.79 Å². The first-order valence-electron chi connectivity index (χ1n) is 6.07. The zero-order valence-electron chi connectivity index (χ0n) is 11.9. The first-order chi connectivity index (χ1) is 9.40. The van der Waals surface area contributed by atoms with Crippen LogP contribution in [0.5, 0.6) is 0 Å². The van der Waals surface area contributed by atoms with E-state index >= 15 is 0 Å². The number of amides is 1. The van der Waals surface area contributed by atoms with Crippen molar-refractivity contribution in [2.24, 2.45) is 7.05 Å². The molecule has 0 radical (unpaired) electrons. The molecule has 0 saturated carbocycles. The molecular formula is C14H17N3O3. The summed E-state index contributed by atoms with van der Waals surface area (Å²) in [5.41, 5.74) is 0.900. The lowest BCUT2D eigenvalue weighted by atomic mass is 10.2. The highest BCUT2D eigenvalue weighted by Crippen LogP contribution is 2.12. The maximum Gasteiger partial charge on any atom is 0.354 e. The van der Waals surface area contributed by atoms with Crippen molar-refractivity contribution < 1.29 is 14.3 Å². The number of nitrogens with zero attached hydrogens (tertiary/aromatic N) is 2. The molecule has 0 saturated heterocycles. The fraction of sp³-hybridized carbons (Fsp3) is 0.357. The van der Waals surface area contributed by atoms with E-state index in [9.17, 15) is 9.59 Å². The number of carbonyl (C=O) groups excluding carboxylic acids is 2. The Morgan fingerprint density at radius 1 is 1.45 bits per heavy atom. The number of methoxy groups -OCH3 is 1. The number of carbonyl (C=O) groups is 2. The smallest absolute Gasteiger partial charge is 0.354 e. The minimum absolute atomic E-state index is 0.0173. The molecule has 20 heavy (non-hydrogen) atoms. The predicted molar refractivity (Wildman–Crippen MR) is 73.6 cm³/mol. The van der Waals surface area contributed by atoms with Gasteiger partial charge < -0.3 is 14.6 Å². The van der Waals surface area contributed by atoms with E-state index in [4.69, 9.17) is 5.26 Å². The third-order valence-corrected chi connectivity index (χ3v) is 2.63. The van der Waals surface area contributed by atoms with Crippen LogP contribution < -0.4 is 5.32 Å². The van der Waals surface area contributed by atoms with Gasteiger partial charge in [0.2, 0.25) is 0 Å². The Kier molecular flexibility index (Phi) is 5.09. The minimum Gasteiger partial charge on any atom is -0.464 e. The Labute approximate surface area is 117 Å². The van der Waals surface area contributed by atoms with E-state index in [1.807, 2.05) is 19.9 Å². The first-order valence-corrected chi connectivity index (χ1v) is 6.07. The summed E-state index contributed by atoms with van der Waals surface area (Å²) in [6.07, 6.45) is 1.43.